The van der Waals surface area contributed by atoms with Gasteiger partial charge in [-0.25, -0.2) is 4.79 Å². The molecule has 1 heterocycles. The van der Waals surface area contributed by atoms with E-state index in [0.717, 1.165) is 5.56 Å². The van der Waals surface area contributed by atoms with Crippen molar-refractivity contribution in [1.29, 1.82) is 0 Å². The predicted molar refractivity (Wildman–Crippen MR) is 94.4 cm³/mol. The topological polar surface area (TPSA) is 64.2 Å². The Morgan fingerprint density at radius 3 is 2.67 bits per heavy atom. The molecule has 3 rings (SSSR count). The van der Waals surface area contributed by atoms with Crippen molar-refractivity contribution < 1.29 is 9.21 Å². The summed E-state index contributed by atoms with van der Waals surface area (Å²) in [6.07, 6.45) is 0.617. The number of aryl methyl sites for hydroxylation is 1. The molecule has 0 saturated heterocycles. The predicted octanol–water partition coefficient (Wildman–Crippen LogP) is 3.60. The first kappa shape index (κ1) is 16.3. The highest BCUT2D eigenvalue weighted by Gasteiger charge is 2.15. The molecule has 1 aromatic heterocycles. The van der Waals surface area contributed by atoms with Gasteiger partial charge >= 0.3 is 5.76 Å². The average Bonchev–Trinajstić information content (AvgIpc) is 2.83. The monoisotopic (exact) mass is 344 g/mol. The number of benzene rings is 2. The number of aromatic nitrogens is 1. The molecule has 1 unspecified atom stereocenters. The van der Waals surface area contributed by atoms with Gasteiger partial charge in [0.1, 0.15) is 0 Å². The summed E-state index contributed by atoms with van der Waals surface area (Å²) in [7, 11) is 1.64. The van der Waals surface area contributed by atoms with Crippen LogP contribution in [0, 0.1) is 5.92 Å². The summed E-state index contributed by atoms with van der Waals surface area (Å²) in [6.45, 7) is 1.87. The summed E-state index contributed by atoms with van der Waals surface area (Å²) >= 11 is 5.87. The third kappa shape index (κ3) is 3.36. The van der Waals surface area contributed by atoms with Crippen molar-refractivity contribution in [3.05, 3.63) is 63.6 Å². The van der Waals surface area contributed by atoms with Gasteiger partial charge in [0, 0.05) is 29.7 Å². The molecule has 1 amide bonds. The van der Waals surface area contributed by atoms with Gasteiger partial charge in [-0.05, 0) is 36.2 Å². The van der Waals surface area contributed by atoms with Crippen LogP contribution in [0.5, 0.6) is 0 Å². The molecule has 0 fully saturated rings. The highest BCUT2D eigenvalue weighted by molar-refractivity contribution is 6.30. The standard InChI is InChI=1S/C18H17ClN2O3/c1-11(9-12-3-5-13(19)6-4-12)17(22)20-14-7-8-15-16(10-14)24-18(23)21(15)2/h3-8,10-11H,9H2,1-2H3,(H,20,22). The van der Waals surface area contributed by atoms with Gasteiger partial charge in [-0.2, -0.15) is 0 Å². The number of halogens is 1. The maximum absolute atomic E-state index is 12.4. The van der Waals surface area contributed by atoms with Gasteiger partial charge in [-0.3, -0.25) is 9.36 Å². The van der Waals surface area contributed by atoms with E-state index in [1.165, 1.54) is 4.57 Å². The second kappa shape index (κ2) is 6.53. The number of anilines is 1. The molecule has 0 saturated carbocycles. The molecule has 24 heavy (non-hydrogen) atoms. The van der Waals surface area contributed by atoms with Crippen molar-refractivity contribution >= 4 is 34.3 Å². The van der Waals surface area contributed by atoms with Gasteiger partial charge in [0.15, 0.2) is 5.58 Å². The quantitative estimate of drug-likeness (QED) is 0.786. The summed E-state index contributed by atoms with van der Waals surface area (Å²) in [5.74, 6) is -0.725. The van der Waals surface area contributed by atoms with Gasteiger partial charge in [-0.1, -0.05) is 30.7 Å². The fraction of sp³-hybridized carbons (Fsp3) is 0.222. The molecule has 5 nitrogen and oxygen atoms in total. The van der Waals surface area contributed by atoms with E-state index in [0.29, 0.717) is 28.2 Å². The van der Waals surface area contributed by atoms with Crippen LogP contribution in [0.25, 0.3) is 11.1 Å². The van der Waals surface area contributed by atoms with Crippen molar-refractivity contribution in [2.75, 3.05) is 5.32 Å². The summed E-state index contributed by atoms with van der Waals surface area (Å²) in [4.78, 5) is 23.9. The number of fused-ring (bicyclic) bond motifs is 1. The van der Waals surface area contributed by atoms with E-state index in [1.807, 2.05) is 31.2 Å². The molecule has 0 radical (unpaired) electrons. The zero-order valence-corrected chi connectivity index (χ0v) is 14.1. The molecule has 0 spiro atoms. The van der Waals surface area contributed by atoms with Crippen LogP contribution in [0.2, 0.25) is 5.02 Å². The second-order valence-electron chi connectivity index (χ2n) is 5.83. The lowest BCUT2D eigenvalue weighted by molar-refractivity contribution is -0.119. The van der Waals surface area contributed by atoms with Gasteiger partial charge in [0.2, 0.25) is 5.91 Å². The van der Waals surface area contributed by atoms with Crippen LogP contribution < -0.4 is 11.1 Å². The zero-order chi connectivity index (χ0) is 17.3. The third-order valence-corrected chi connectivity index (χ3v) is 4.21. The minimum atomic E-state index is -0.426. The molecule has 124 valence electrons. The molecule has 2 aromatic carbocycles. The van der Waals surface area contributed by atoms with Crippen LogP contribution in [0.4, 0.5) is 5.69 Å². The SMILES string of the molecule is CC(Cc1ccc(Cl)cc1)C(=O)Nc1ccc2c(c1)oc(=O)n2C. The van der Waals surface area contributed by atoms with Crippen molar-refractivity contribution in [3.63, 3.8) is 0 Å². The summed E-state index contributed by atoms with van der Waals surface area (Å²) in [5.41, 5.74) is 2.79. The first-order chi connectivity index (χ1) is 11.4. The van der Waals surface area contributed by atoms with Crippen LogP contribution in [0.15, 0.2) is 51.7 Å². The fourth-order valence-corrected chi connectivity index (χ4v) is 2.67. The lowest BCUT2D eigenvalue weighted by atomic mass is 10.0. The van der Waals surface area contributed by atoms with Gasteiger partial charge in [0.05, 0.1) is 5.52 Å². The van der Waals surface area contributed by atoms with E-state index in [4.69, 9.17) is 16.0 Å². The molecule has 3 aromatic rings. The van der Waals surface area contributed by atoms with Gasteiger partial charge < -0.3 is 9.73 Å². The zero-order valence-electron chi connectivity index (χ0n) is 13.4. The number of hydrogen-bond acceptors (Lipinski definition) is 3. The van der Waals surface area contributed by atoms with Crippen LogP contribution >= 0.6 is 11.6 Å². The molecule has 1 N–H and O–H groups in total. The molecule has 0 aliphatic heterocycles. The van der Waals surface area contributed by atoms with Crippen LogP contribution in [-0.4, -0.2) is 10.5 Å². The minimum absolute atomic E-state index is 0.0948. The van der Waals surface area contributed by atoms with E-state index in [1.54, 1.807) is 25.2 Å². The molecule has 0 bridgehead atoms. The lowest BCUT2D eigenvalue weighted by Crippen LogP contribution is -2.22. The Labute approximate surface area is 143 Å². The molecule has 6 heteroatoms. The van der Waals surface area contributed by atoms with E-state index < -0.39 is 5.76 Å². The number of amides is 1. The largest absolute Gasteiger partial charge is 0.419 e. The fourth-order valence-electron chi connectivity index (χ4n) is 2.54. The van der Waals surface area contributed by atoms with E-state index >= 15 is 0 Å². The molecule has 0 aliphatic carbocycles. The normalized spacial score (nSPS) is 12.3. The number of oxazole rings is 1. The lowest BCUT2D eigenvalue weighted by Gasteiger charge is -2.12. The minimum Gasteiger partial charge on any atom is -0.408 e. The molecule has 0 aliphatic rings. The van der Waals surface area contributed by atoms with E-state index in [2.05, 4.69) is 5.32 Å². The highest BCUT2D eigenvalue weighted by atomic mass is 35.5. The Morgan fingerprint density at radius 2 is 1.96 bits per heavy atom. The van der Waals surface area contributed by atoms with Crippen LogP contribution in [0.1, 0.15) is 12.5 Å². The first-order valence-corrected chi connectivity index (χ1v) is 7.97. The second-order valence-corrected chi connectivity index (χ2v) is 6.27. The molecular weight excluding hydrogens is 328 g/mol. The average molecular weight is 345 g/mol. The van der Waals surface area contributed by atoms with Gasteiger partial charge in [0.25, 0.3) is 0 Å². The van der Waals surface area contributed by atoms with Crippen LogP contribution in [-0.2, 0) is 18.3 Å². The number of nitrogens with zero attached hydrogens (tertiary/aromatic N) is 1. The van der Waals surface area contributed by atoms with Crippen LogP contribution in [0.3, 0.4) is 0 Å². The molecular formula is C18H17ClN2O3. The van der Waals surface area contributed by atoms with Crippen molar-refractivity contribution in [3.8, 4) is 0 Å². The Bertz CT molecular complexity index is 941. The summed E-state index contributed by atoms with van der Waals surface area (Å²) in [6, 6.07) is 12.6. The number of rotatable bonds is 4. The summed E-state index contributed by atoms with van der Waals surface area (Å²) < 4.78 is 6.55. The van der Waals surface area contributed by atoms with Gasteiger partial charge in [-0.15, -0.1) is 0 Å². The Kier molecular flexibility index (Phi) is 4.44. The van der Waals surface area contributed by atoms with Crippen molar-refractivity contribution in [2.45, 2.75) is 13.3 Å². The highest BCUT2D eigenvalue weighted by Crippen LogP contribution is 2.19. The Hall–Kier alpha value is -2.53. The number of carbonyl (C=O) groups excluding carboxylic acids is 1. The van der Waals surface area contributed by atoms with Crippen molar-refractivity contribution in [2.24, 2.45) is 13.0 Å². The molecule has 1 atom stereocenters. The Balaban J connectivity index is 1.71. The number of nitrogens with one attached hydrogen (secondary N) is 1. The van der Waals surface area contributed by atoms with E-state index in [9.17, 15) is 9.59 Å². The smallest absolute Gasteiger partial charge is 0.408 e. The number of hydrogen-bond donors (Lipinski definition) is 1. The summed E-state index contributed by atoms with van der Waals surface area (Å²) in [5, 5.41) is 3.53. The number of carbonyl (C=O) groups is 1. The Morgan fingerprint density at radius 1 is 1.25 bits per heavy atom. The first-order valence-electron chi connectivity index (χ1n) is 7.59. The van der Waals surface area contributed by atoms with E-state index in [-0.39, 0.29) is 11.8 Å². The maximum Gasteiger partial charge on any atom is 0.419 e. The van der Waals surface area contributed by atoms with Crippen molar-refractivity contribution in [1.82, 2.24) is 4.57 Å². The third-order valence-electron chi connectivity index (χ3n) is 3.96. The maximum atomic E-state index is 12.4.